The Morgan fingerprint density at radius 2 is 1.67 bits per heavy atom. The molecule has 0 aliphatic heterocycles. The quantitative estimate of drug-likeness (QED) is 0.425. The molecule has 0 bridgehead atoms. The second-order valence-electron chi connectivity index (χ2n) is 3.04. The highest BCUT2D eigenvalue weighted by Crippen LogP contribution is 1.86. The Bertz CT molecular complexity index is 241. The van der Waals surface area contributed by atoms with Crippen molar-refractivity contribution >= 4 is 17.7 Å². The smallest absolute Gasteiger partial charge is 0.238 e. The molecule has 3 amide bonds. The monoisotopic (exact) mass is 215 g/mol. The normalized spacial score (nSPS) is 9.20. The van der Waals surface area contributed by atoms with Crippen molar-refractivity contribution in [3.8, 4) is 0 Å². The largest absolute Gasteiger partial charge is 0.356 e. The Morgan fingerprint density at radius 3 is 2.20 bits per heavy atom. The Morgan fingerprint density at radius 1 is 1.07 bits per heavy atom. The predicted octanol–water partition coefficient (Wildman–Crippen LogP) is -0.540. The molecule has 0 saturated carbocycles. The average molecular weight is 215 g/mol. The fourth-order valence-electron chi connectivity index (χ4n) is 0.804. The van der Waals surface area contributed by atoms with Crippen molar-refractivity contribution in [1.82, 2.24) is 16.2 Å². The maximum Gasteiger partial charge on any atom is 0.238 e. The van der Waals surface area contributed by atoms with Crippen molar-refractivity contribution in [3.63, 3.8) is 0 Å². The fraction of sp³-hybridized carbons (Fsp3) is 0.667. The van der Waals surface area contributed by atoms with Crippen molar-refractivity contribution in [2.24, 2.45) is 0 Å². The summed E-state index contributed by atoms with van der Waals surface area (Å²) in [6, 6.07) is 0. The highest BCUT2D eigenvalue weighted by Gasteiger charge is 2.02. The summed E-state index contributed by atoms with van der Waals surface area (Å²) >= 11 is 0. The molecule has 0 aliphatic carbocycles. The van der Waals surface area contributed by atoms with Crippen LogP contribution in [0.25, 0.3) is 0 Å². The van der Waals surface area contributed by atoms with E-state index in [4.69, 9.17) is 0 Å². The third-order valence-electron chi connectivity index (χ3n) is 1.62. The Labute approximate surface area is 88.8 Å². The van der Waals surface area contributed by atoms with Crippen LogP contribution in [0.3, 0.4) is 0 Å². The molecule has 3 N–H and O–H groups in total. The van der Waals surface area contributed by atoms with E-state index < -0.39 is 0 Å². The zero-order valence-electron chi connectivity index (χ0n) is 9.05. The summed E-state index contributed by atoms with van der Waals surface area (Å²) in [6.45, 7) is 3.57. The Kier molecular flexibility index (Phi) is 6.96. The lowest BCUT2D eigenvalue weighted by Crippen LogP contribution is -2.41. The minimum absolute atomic E-state index is 0.116. The van der Waals surface area contributed by atoms with Gasteiger partial charge in [0, 0.05) is 26.3 Å². The van der Waals surface area contributed by atoms with Crippen molar-refractivity contribution < 1.29 is 14.4 Å². The second-order valence-corrected chi connectivity index (χ2v) is 3.04. The van der Waals surface area contributed by atoms with Crippen LogP contribution >= 0.6 is 0 Å². The number of amides is 3. The number of hydrazine groups is 1. The third kappa shape index (κ3) is 8.73. The summed E-state index contributed by atoms with van der Waals surface area (Å²) in [7, 11) is 0. The molecule has 0 rings (SSSR count). The molecule has 0 saturated heterocycles. The van der Waals surface area contributed by atoms with Crippen LogP contribution < -0.4 is 16.2 Å². The summed E-state index contributed by atoms with van der Waals surface area (Å²) in [5.74, 6) is -0.609. The molecular formula is C9H17N3O3. The molecule has 0 aromatic heterocycles. The second kappa shape index (κ2) is 7.78. The van der Waals surface area contributed by atoms with Crippen LogP contribution in [0.5, 0.6) is 0 Å². The van der Waals surface area contributed by atoms with Gasteiger partial charge in [0.1, 0.15) is 0 Å². The van der Waals surface area contributed by atoms with Crippen LogP contribution in [0, 0.1) is 0 Å². The first kappa shape index (κ1) is 13.4. The first-order chi connectivity index (χ1) is 7.06. The van der Waals surface area contributed by atoms with Gasteiger partial charge in [0.05, 0.1) is 0 Å². The van der Waals surface area contributed by atoms with Gasteiger partial charge in [-0.2, -0.15) is 0 Å². The molecule has 86 valence electrons. The highest BCUT2D eigenvalue weighted by atomic mass is 16.2. The van der Waals surface area contributed by atoms with E-state index in [0.717, 1.165) is 0 Å². The minimum atomic E-state index is -0.262. The summed E-state index contributed by atoms with van der Waals surface area (Å²) in [6.07, 6.45) is 1.14. The van der Waals surface area contributed by atoms with Crippen LogP contribution in [0.4, 0.5) is 0 Å². The Balaban J connectivity index is 3.41. The molecule has 15 heavy (non-hydrogen) atoms. The molecule has 0 radical (unpaired) electrons. The van der Waals surface area contributed by atoms with Gasteiger partial charge in [-0.05, 0) is 6.42 Å². The van der Waals surface area contributed by atoms with E-state index in [-0.39, 0.29) is 24.1 Å². The number of carbonyl (C=O) groups is 3. The Hall–Kier alpha value is -1.59. The van der Waals surface area contributed by atoms with Gasteiger partial charge in [0.15, 0.2) is 0 Å². The molecule has 0 heterocycles. The van der Waals surface area contributed by atoms with Crippen LogP contribution in [0.2, 0.25) is 0 Å². The van der Waals surface area contributed by atoms with Gasteiger partial charge in [-0.1, -0.05) is 6.92 Å². The third-order valence-corrected chi connectivity index (χ3v) is 1.62. The minimum Gasteiger partial charge on any atom is -0.356 e. The highest BCUT2D eigenvalue weighted by molar-refractivity contribution is 5.81. The van der Waals surface area contributed by atoms with Gasteiger partial charge in [-0.3, -0.25) is 25.2 Å². The SMILES string of the molecule is CCC(=O)NNC(=O)CCCNC(C)=O. The molecular weight excluding hydrogens is 198 g/mol. The summed E-state index contributed by atoms with van der Waals surface area (Å²) < 4.78 is 0. The van der Waals surface area contributed by atoms with Crippen LogP contribution in [-0.4, -0.2) is 24.3 Å². The van der Waals surface area contributed by atoms with E-state index in [1.807, 2.05) is 0 Å². The molecule has 6 nitrogen and oxygen atoms in total. The predicted molar refractivity (Wildman–Crippen MR) is 54.5 cm³/mol. The molecule has 0 fully saturated rings. The summed E-state index contributed by atoms with van der Waals surface area (Å²) in [4.78, 5) is 32.3. The summed E-state index contributed by atoms with van der Waals surface area (Å²) in [5.41, 5.74) is 4.53. The van der Waals surface area contributed by atoms with Crippen LogP contribution in [0.1, 0.15) is 33.1 Å². The molecule has 0 unspecified atom stereocenters. The van der Waals surface area contributed by atoms with Crippen molar-refractivity contribution in [2.75, 3.05) is 6.54 Å². The number of hydrogen-bond acceptors (Lipinski definition) is 3. The van der Waals surface area contributed by atoms with E-state index in [1.165, 1.54) is 6.92 Å². The lowest BCUT2D eigenvalue weighted by atomic mass is 10.3. The molecule has 0 aromatic rings. The number of nitrogens with one attached hydrogen (secondary N) is 3. The topological polar surface area (TPSA) is 87.3 Å². The van der Waals surface area contributed by atoms with Crippen molar-refractivity contribution in [3.05, 3.63) is 0 Å². The zero-order valence-corrected chi connectivity index (χ0v) is 9.05. The van der Waals surface area contributed by atoms with Gasteiger partial charge in [-0.15, -0.1) is 0 Å². The molecule has 6 heteroatoms. The van der Waals surface area contributed by atoms with E-state index in [1.54, 1.807) is 6.92 Å². The van der Waals surface area contributed by atoms with E-state index in [2.05, 4.69) is 16.2 Å². The van der Waals surface area contributed by atoms with Crippen molar-refractivity contribution in [2.45, 2.75) is 33.1 Å². The van der Waals surface area contributed by atoms with E-state index >= 15 is 0 Å². The van der Waals surface area contributed by atoms with E-state index in [0.29, 0.717) is 19.4 Å². The van der Waals surface area contributed by atoms with Gasteiger partial charge < -0.3 is 5.32 Å². The van der Waals surface area contributed by atoms with Gasteiger partial charge in [0.2, 0.25) is 17.7 Å². The van der Waals surface area contributed by atoms with Gasteiger partial charge in [-0.25, -0.2) is 0 Å². The molecule has 0 aromatic carbocycles. The van der Waals surface area contributed by atoms with Gasteiger partial charge in [0.25, 0.3) is 0 Å². The maximum absolute atomic E-state index is 11.1. The number of rotatable bonds is 5. The zero-order chi connectivity index (χ0) is 11.7. The van der Waals surface area contributed by atoms with E-state index in [9.17, 15) is 14.4 Å². The fourth-order valence-corrected chi connectivity index (χ4v) is 0.804. The summed E-state index contributed by atoms with van der Waals surface area (Å²) in [5, 5.41) is 2.57. The molecule has 0 spiro atoms. The van der Waals surface area contributed by atoms with Crippen LogP contribution in [0.15, 0.2) is 0 Å². The first-order valence-corrected chi connectivity index (χ1v) is 4.88. The van der Waals surface area contributed by atoms with Crippen molar-refractivity contribution in [1.29, 1.82) is 0 Å². The average Bonchev–Trinajstić information content (AvgIpc) is 2.20. The lowest BCUT2D eigenvalue weighted by Gasteiger charge is -2.05. The first-order valence-electron chi connectivity index (χ1n) is 4.88. The standard InChI is InChI=1S/C9H17N3O3/c1-3-8(14)11-12-9(15)5-4-6-10-7(2)13/h3-6H2,1-2H3,(H,10,13)(H,11,14)(H,12,15). The molecule has 0 atom stereocenters. The lowest BCUT2D eigenvalue weighted by molar-refractivity contribution is -0.128. The number of hydrogen-bond donors (Lipinski definition) is 3. The molecule has 0 aliphatic rings. The maximum atomic E-state index is 11.1. The number of carbonyl (C=O) groups excluding carboxylic acids is 3. The van der Waals surface area contributed by atoms with Gasteiger partial charge >= 0.3 is 0 Å². The van der Waals surface area contributed by atoms with Crippen LogP contribution in [-0.2, 0) is 14.4 Å².